The van der Waals surface area contributed by atoms with Crippen molar-refractivity contribution in [2.75, 3.05) is 0 Å². The third-order valence-electron chi connectivity index (χ3n) is 2.58. The summed E-state index contributed by atoms with van der Waals surface area (Å²) in [6, 6.07) is 8.24. The van der Waals surface area contributed by atoms with Crippen molar-refractivity contribution < 1.29 is 9.00 Å². The molecule has 2 atom stereocenters. The molecule has 6 heteroatoms. The Labute approximate surface area is 127 Å². The van der Waals surface area contributed by atoms with Crippen molar-refractivity contribution in [2.45, 2.75) is 16.4 Å². The number of carbonyl (C=O) groups is 1. The van der Waals surface area contributed by atoms with Gasteiger partial charge in [0, 0.05) is 10.6 Å². The minimum atomic E-state index is -1.36. The lowest BCUT2D eigenvalue weighted by molar-refractivity contribution is 0.0993. The van der Waals surface area contributed by atoms with Crippen LogP contribution >= 0.6 is 34.5 Å². The lowest BCUT2D eigenvalue weighted by Gasteiger charge is -2.10. The van der Waals surface area contributed by atoms with Gasteiger partial charge >= 0.3 is 0 Å². The first-order valence-electron chi connectivity index (χ1n) is 5.44. The Morgan fingerprint density at radius 1 is 1.32 bits per heavy atom. The molecule has 2 rings (SSSR count). The lowest BCUT2D eigenvalue weighted by Crippen LogP contribution is -2.22. The SMILES string of the molecule is CC(C(=O)c1ccc(Cl)cc1Cl)S(=O)c1cccs1. The number of benzene rings is 1. The molecule has 0 radical (unpaired) electrons. The molecule has 2 unspecified atom stereocenters. The van der Waals surface area contributed by atoms with Gasteiger partial charge in [-0.25, -0.2) is 0 Å². The second kappa shape index (κ2) is 6.18. The first kappa shape index (κ1) is 14.7. The van der Waals surface area contributed by atoms with Crippen LogP contribution in [0.15, 0.2) is 39.9 Å². The maximum absolute atomic E-state index is 12.3. The van der Waals surface area contributed by atoms with Crippen molar-refractivity contribution in [1.82, 2.24) is 0 Å². The summed E-state index contributed by atoms with van der Waals surface area (Å²) < 4.78 is 12.9. The smallest absolute Gasteiger partial charge is 0.180 e. The fourth-order valence-electron chi connectivity index (χ4n) is 1.56. The lowest BCUT2D eigenvalue weighted by atomic mass is 10.1. The van der Waals surface area contributed by atoms with Gasteiger partial charge in [-0.05, 0) is 36.6 Å². The second-order valence-corrected chi connectivity index (χ2v) is 7.65. The van der Waals surface area contributed by atoms with Crippen LogP contribution in [0.5, 0.6) is 0 Å². The van der Waals surface area contributed by atoms with E-state index in [-0.39, 0.29) is 10.8 Å². The molecule has 0 amide bonds. The van der Waals surface area contributed by atoms with Gasteiger partial charge in [0.1, 0.15) is 5.25 Å². The monoisotopic (exact) mass is 332 g/mol. The molecule has 0 N–H and O–H groups in total. The third kappa shape index (κ3) is 3.26. The molecule has 0 saturated carbocycles. The van der Waals surface area contributed by atoms with Gasteiger partial charge in [0.25, 0.3) is 0 Å². The highest BCUT2D eigenvalue weighted by molar-refractivity contribution is 7.88. The molecule has 0 aliphatic carbocycles. The predicted octanol–water partition coefficient (Wildman–Crippen LogP) is 4.43. The summed E-state index contributed by atoms with van der Waals surface area (Å²) in [4.78, 5) is 12.3. The summed E-state index contributed by atoms with van der Waals surface area (Å²) in [6.45, 7) is 1.64. The summed E-state index contributed by atoms with van der Waals surface area (Å²) in [5, 5.41) is 1.94. The Hall–Kier alpha value is -0.680. The van der Waals surface area contributed by atoms with E-state index in [1.807, 2.05) is 11.4 Å². The van der Waals surface area contributed by atoms with Crippen molar-refractivity contribution in [1.29, 1.82) is 0 Å². The summed E-state index contributed by atoms with van der Waals surface area (Å²) >= 11 is 13.2. The van der Waals surface area contributed by atoms with E-state index >= 15 is 0 Å². The zero-order chi connectivity index (χ0) is 14.0. The highest BCUT2D eigenvalue weighted by Gasteiger charge is 2.25. The van der Waals surface area contributed by atoms with Gasteiger partial charge in [-0.2, -0.15) is 0 Å². The molecule has 0 bridgehead atoms. The van der Waals surface area contributed by atoms with E-state index in [1.165, 1.54) is 17.4 Å². The summed E-state index contributed by atoms with van der Waals surface area (Å²) in [5.41, 5.74) is 0.350. The molecule has 2 aromatic rings. The van der Waals surface area contributed by atoms with Gasteiger partial charge in [-0.15, -0.1) is 11.3 Å². The highest BCUT2D eigenvalue weighted by atomic mass is 35.5. The standard InChI is InChI=1S/C13H10Cl2O2S2/c1-8(19(17)12-3-2-6-18-12)13(16)10-5-4-9(14)7-11(10)15/h2-8H,1H3. The number of hydrogen-bond acceptors (Lipinski definition) is 3. The molecule has 0 aliphatic heterocycles. The molecular formula is C13H10Cl2O2S2. The summed E-state index contributed by atoms with van der Waals surface area (Å²) in [5.74, 6) is -0.242. The molecule has 100 valence electrons. The molecule has 0 aliphatic rings. The minimum Gasteiger partial charge on any atom is -0.293 e. The zero-order valence-corrected chi connectivity index (χ0v) is 13.1. The van der Waals surface area contributed by atoms with Crippen LogP contribution in [0.1, 0.15) is 17.3 Å². The van der Waals surface area contributed by atoms with E-state index in [0.717, 1.165) is 0 Å². The van der Waals surface area contributed by atoms with E-state index in [0.29, 0.717) is 14.8 Å². The topological polar surface area (TPSA) is 34.1 Å². The number of hydrogen-bond donors (Lipinski definition) is 0. The fraction of sp³-hybridized carbons (Fsp3) is 0.154. The van der Waals surface area contributed by atoms with Crippen molar-refractivity contribution in [3.63, 3.8) is 0 Å². The van der Waals surface area contributed by atoms with Gasteiger partial charge in [0.15, 0.2) is 5.78 Å². The van der Waals surface area contributed by atoms with Crippen molar-refractivity contribution in [3.8, 4) is 0 Å². The third-order valence-corrected chi connectivity index (χ3v) is 5.96. The number of Topliss-reactive ketones (excluding diaryl/α,β-unsaturated/α-hetero) is 1. The predicted molar refractivity (Wildman–Crippen MR) is 81.0 cm³/mol. The Balaban J connectivity index is 2.26. The van der Waals surface area contributed by atoms with Gasteiger partial charge in [0.05, 0.1) is 20.0 Å². The zero-order valence-electron chi connectivity index (χ0n) is 9.93. The summed E-state index contributed by atoms with van der Waals surface area (Å²) in [7, 11) is -1.36. The van der Waals surface area contributed by atoms with E-state index in [9.17, 15) is 9.00 Å². The molecule has 0 spiro atoms. The van der Waals surface area contributed by atoms with E-state index < -0.39 is 16.0 Å². The molecule has 0 fully saturated rings. The quantitative estimate of drug-likeness (QED) is 0.776. The van der Waals surface area contributed by atoms with Gasteiger partial charge in [-0.1, -0.05) is 29.3 Å². The van der Waals surface area contributed by atoms with Crippen LogP contribution in [-0.2, 0) is 10.8 Å². The Morgan fingerprint density at radius 2 is 2.05 bits per heavy atom. The average molecular weight is 333 g/mol. The number of rotatable bonds is 4. The Kier molecular flexibility index (Phi) is 4.79. The van der Waals surface area contributed by atoms with Crippen LogP contribution in [-0.4, -0.2) is 15.2 Å². The number of thiophene rings is 1. The van der Waals surface area contributed by atoms with Crippen LogP contribution < -0.4 is 0 Å². The molecule has 2 nitrogen and oxygen atoms in total. The van der Waals surface area contributed by atoms with Crippen LogP contribution in [0.2, 0.25) is 10.0 Å². The second-order valence-electron chi connectivity index (χ2n) is 3.86. The molecule has 0 saturated heterocycles. The average Bonchev–Trinajstić information content (AvgIpc) is 2.90. The molecule has 1 aromatic carbocycles. The Bertz CT molecular complexity index is 624. The van der Waals surface area contributed by atoms with Crippen LogP contribution in [0.25, 0.3) is 0 Å². The van der Waals surface area contributed by atoms with Crippen molar-refractivity contribution in [2.24, 2.45) is 0 Å². The number of halogens is 2. The van der Waals surface area contributed by atoms with Crippen molar-refractivity contribution >= 4 is 51.1 Å². The van der Waals surface area contributed by atoms with Crippen LogP contribution in [0.3, 0.4) is 0 Å². The van der Waals surface area contributed by atoms with E-state index in [4.69, 9.17) is 23.2 Å². The number of ketones is 1. The van der Waals surface area contributed by atoms with Gasteiger partial charge in [-0.3, -0.25) is 9.00 Å². The normalized spacial score (nSPS) is 14.1. The maximum atomic E-state index is 12.3. The van der Waals surface area contributed by atoms with Crippen LogP contribution in [0, 0.1) is 0 Å². The first-order valence-corrected chi connectivity index (χ1v) is 8.29. The largest absolute Gasteiger partial charge is 0.293 e. The molecule has 1 heterocycles. The van der Waals surface area contributed by atoms with Crippen LogP contribution in [0.4, 0.5) is 0 Å². The Morgan fingerprint density at radius 3 is 2.63 bits per heavy atom. The van der Waals surface area contributed by atoms with Gasteiger partial charge in [0.2, 0.25) is 0 Å². The minimum absolute atomic E-state index is 0.242. The van der Waals surface area contributed by atoms with E-state index in [1.54, 1.807) is 25.1 Å². The highest BCUT2D eigenvalue weighted by Crippen LogP contribution is 2.25. The summed E-state index contributed by atoms with van der Waals surface area (Å²) in [6.07, 6.45) is 0. The number of carbonyl (C=O) groups excluding carboxylic acids is 1. The molecule has 1 aromatic heterocycles. The molecular weight excluding hydrogens is 323 g/mol. The molecule has 19 heavy (non-hydrogen) atoms. The van der Waals surface area contributed by atoms with Crippen molar-refractivity contribution in [3.05, 3.63) is 51.3 Å². The first-order chi connectivity index (χ1) is 9.00. The fourth-order valence-corrected chi connectivity index (χ4v) is 4.37. The maximum Gasteiger partial charge on any atom is 0.180 e. The van der Waals surface area contributed by atoms with Gasteiger partial charge < -0.3 is 0 Å². The van der Waals surface area contributed by atoms with E-state index in [2.05, 4.69) is 0 Å².